The molecule has 1 atom stereocenters. The first-order chi connectivity index (χ1) is 10.6. The van der Waals surface area contributed by atoms with Crippen LogP contribution in [0.3, 0.4) is 0 Å². The van der Waals surface area contributed by atoms with Crippen LogP contribution in [0, 0.1) is 0 Å². The first-order valence-corrected chi connectivity index (χ1v) is 7.33. The number of anilines is 1. The minimum absolute atomic E-state index is 0.0528. The second-order valence-electron chi connectivity index (χ2n) is 5.36. The van der Waals surface area contributed by atoms with E-state index in [1.165, 1.54) is 6.92 Å². The molecule has 6 nitrogen and oxygen atoms in total. The number of aromatic nitrogens is 2. The number of hydrogen-bond acceptors (Lipinski definition) is 3. The predicted octanol–water partition coefficient (Wildman–Crippen LogP) is 1.82. The number of benzene rings is 1. The third-order valence-electron chi connectivity index (χ3n) is 3.84. The average Bonchev–Trinajstić information content (AvgIpc) is 3.19. The van der Waals surface area contributed by atoms with Crippen molar-refractivity contribution in [1.82, 2.24) is 14.7 Å². The number of rotatable bonds is 3. The molecule has 114 valence electrons. The Hall–Kier alpha value is -2.63. The molecule has 3 rings (SSSR count). The van der Waals surface area contributed by atoms with E-state index in [2.05, 4.69) is 10.4 Å². The third-order valence-corrected chi connectivity index (χ3v) is 3.84. The first-order valence-electron chi connectivity index (χ1n) is 7.33. The second kappa shape index (κ2) is 6.01. The summed E-state index contributed by atoms with van der Waals surface area (Å²) in [6.07, 6.45) is 5.12. The van der Waals surface area contributed by atoms with Gasteiger partial charge in [0.05, 0.1) is 5.69 Å². The van der Waals surface area contributed by atoms with Gasteiger partial charge in [0, 0.05) is 31.5 Å². The molecule has 1 saturated heterocycles. The molecule has 2 aromatic rings. The molecule has 0 radical (unpaired) electrons. The normalized spacial score (nSPS) is 17.5. The number of nitrogens with zero attached hydrogens (tertiary/aromatic N) is 3. The standard InChI is InChI=1S/C16H18N4O2/c1-12(21)19-9-3-7-15(19)16(22)18-13-5-2-6-14(11-13)20-10-4-8-17-20/h2,4-6,8,10-11,15H,3,7,9H2,1H3,(H,18,22). The summed E-state index contributed by atoms with van der Waals surface area (Å²) in [5.74, 6) is -0.187. The molecule has 0 aliphatic carbocycles. The Bertz CT molecular complexity index is 681. The van der Waals surface area contributed by atoms with Crippen LogP contribution in [-0.4, -0.2) is 39.1 Å². The predicted molar refractivity (Wildman–Crippen MR) is 82.6 cm³/mol. The fourth-order valence-corrected chi connectivity index (χ4v) is 2.79. The van der Waals surface area contributed by atoms with Gasteiger partial charge in [-0.2, -0.15) is 5.10 Å². The summed E-state index contributed by atoms with van der Waals surface area (Å²) in [4.78, 5) is 25.6. The second-order valence-corrected chi connectivity index (χ2v) is 5.36. The van der Waals surface area contributed by atoms with Crippen LogP contribution in [0.25, 0.3) is 5.69 Å². The summed E-state index contributed by atoms with van der Waals surface area (Å²) in [5, 5.41) is 7.07. The maximum Gasteiger partial charge on any atom is 0.247 e. The summed E-state index contributed by atoms with van der Waals surface area (Å²) in [6.45, 7) is 2.16. The van der Waals surface area contributed by atoms with Crippen LogP contribution < -0.4 is 5.32 Å². The van der Waals surface area contributed by atoms with Crippen LogP contribution in [0.1, 0.15) is 19.8 Å². The highest BCUT2D eigenvalue weighted by molar-refractivity contribution is 5.97. The van der Waals surface area contributed by atoms with Crippen molar-refractivity contribution in [3.05, 3.63) is 42.7 Å². The fraction of sp³-hybridized carbons (Fsp3) is 0.312. The lowest BCUT2D eigenvalue weighted by atomic mass is 10.2. The summed E-state index contributed by atoms with van der Waals surface area (Å²) in [6, 6.07) is 8.94. The van der Waals surface area contributed by atoms with Crippen molar-refractivity contribution >= 4 is 17.5 Å². The van der Waals surface area contributed by atoms with E-state index in [1.807, 2.05) is 36.5 Å². The van der Waals surface area contributed by atoms with Gasteiger partial charge in [0.15, 0.2) is 0 Å². The lowest BCUT2D eigenvalue weighted by molar-refractivity contribution is -0.134. The van der Waals surface area contributed by atoms with Gasteiger partial charge in [-0.1, -0.05) is 6.07 Å². The molecule has 1 aliphatic rings. The SMILES string of the molecule is CC(=O)N1CCCC1C(=O)Nc1cccc(-n2cccn2)c1. The summed E-state index contributed by atoms with van der Waals surface area (Å²) < 4.78 is 1.73. The average molecular weight is 298 g/mol. The molecule has 2 heterocycles. The summed E-state index contributed by atoms with van der Waals surface area (Å²) >= 11 is 0. The van der Waals surface area contributed by atoms with E-state index in [4.69, 9.17) is 0 Å². The lowest BCUT2D eigenvalue weighted by Gasteiger charge is -2.22. The number of carbonyl (C=O) groups excluding carboxylic acids is 2. The lowest BCUT2D eigenvalue weighted by Crippen LogP contribution is -2.42. The van der Waals surface area contributed by atoms with Gasteiger partial charge in [0.25, 0.3) is 0 Å². The van der Waals surface area contributed by atoms with E-state index in [0.29, 0.717) is 18.7 Å². The first kappa shape index (κ1) is 14.3. The van der Waals surface area contributed by atoms with Crippen molar-refractivity contribution in [2.45, 2.75) is 25.8 Å². The maximum absolute atomic E-state index is 12.4. The van der Waals surface area contributed by atoms with Crippen molar-refractivity contribution in [3.8, 4) is 5.69 Å². The molecule has 1 aromatic heterocycles. The van der Waals surface area contributed by atoms with E-state index in [-0.39, 0.29) is 17.9 Å². The van der Waals surface area contributed by atoms with Crippen molar-refractivity contribution in [1.29, 1.82) is 0 Å². The number of hydrogen-bond donors (Lipinski definition) is 1. The molecule has 0 bridgehead atoms. The van der Waals surface area contributed by atoms with Crippen LogP contribution in [-0.2, 0) is 9.59 Å². The molecular formula is C16H18N4O2. The Kier molecular flexibility index (Phi) is 3.91. The minimum Gasteiger partial charge on any atom is -0.331 e. The minimum atomic E-state index is -0.370. The third kappa shape index (κ3) is 2.86. The van der Waals surface area contributed by atoms with Gasteiger partial charge in [-0.25, -0.2) is 4.68 Å². The zero-order valence-corrected chi connectivity index (χ0v) is 12.4. The van der Waals surface area contributed by atoms with E-state index in [9.17, 15) is 9.59 Å². The zero-order chi connectivity index (χ0) is 15.5. The Balaban J connectivity index is 1.74. The largest absolute Gasteiger partial charge is 0.331 e. The van der Waals surface area contributed by atoms with Gasteiger partial charge in [0.2, 0.25) is 11.8 Å². The highest BCUT2D eigenvalue weighted by atomic mass is 16.2. The highest BCUT2D eigenvalue weighted by Gasteiger charge is 2.32. The molecular weight excluding hydrogens is 280 g/mol. The molecule has 22 heavy (non-hydrogen) atoms. The van der Waals surface area contributed by atoms with E-state index < -0.39 is 0 Å². The van der Waals surface area contributed by atoms with Gasteiger partial charge in [-0.3, -0.25) is 9.59 Å². The van der Waals surface area contributed by atoms with E-state index in [0.717, 1.165) is 12.1 Å². The van der Waals surface area contributed by atoms with E-state index in [1.54, 1.807) is 15.8 Å². The topological polar surface area (TPSA) is 67.2 Å². The Labute approximate surface area is 128 Å². The molecule has 1 aliphatic heterocycles. The van der Waals surface area contributed by atoms with Crippen molar-refractivity contribution in [3.63, 3.8) is 0 Å². The molecule has 0 spiro atoms. The fourth-order valence-electron chi connectivity index (χ4n) is 2.79. The van der Waals surface area contributed by atoms with Gasteiger partial charge in [0.1, 0.15) is 6.04 Å². The smallest absolute Gasteiger partial charge is 0.247 e. The molecule has 6 heteroatoms. The molecule has 1 unspecified atom stereocenters. The Morgan fingerprint density at radius 2 is 2.18 bits per heavy atom. The number of nitrogens with one attached hydrogen (secondary N) is 1. The van der Waals surface area contributed by atoms with Crippen molar-refractivity contribution < 1.29 is 9.59 Å². The molecule has 1 aromatic carbocycles. The monoisotopic (exact) mass is 298 g/mol. The summed E-state index contributed by atoms with van der Waals surface area (Å²) in [7, 11) is 0. The molecule has 1 N–H and O–H groups in total. The van der Waals surface area contributed by atoms with Gasteiger partial charge in [-0.15, -0.1) is 0 Å². The van der Waals surface area contributed by atoms with E-state index >= 15 is 0 Å². The summed E-state index contributed by atoms with van der Waals surface area (Å²) in [5.41, 5.74) is 1.58. The maximum atomic E-state index is 12.4. The molecule has 1 fully saturated rings. The molecule has 2 amide bonds. The Morgan fingerprint density at radius 1 is 1.32 bits per heavy atom. The van der Waals surface area contributed by atoms with Crippen LogP contribution in [0.15, 0.2) is 42.7 Å². The molecule has 0 saturated carbocycles. The van der Waals surface area contributed by atoms with Gasteiger partial charge < -0.3 is 10.2 Å². The van der Waals surface area contributed by atoms with Crippen molar-refractivity contribution in [2.24, 2.45) is 0 Å². The Morgan fingerprint density at radius 3 is 2.91 bits per heavy atom. The zero-order valence-electron chi connectivity index (χ0n) is 12.4. The quantitative estimate of drug-likeness (QED) is 0.940. The van der Waals surface area contributed by atoms with Crippen LogP contribution in [0.2, 0.25) is 0 Å². The number of amides is 2. The van der Waals surface area contributed by atoms with Crippen LogP contribution in [0.5, 0.6) is 0 Å². The van der Waals surface area contributed by atoms with Crippen LogP contribution in [0.4, 0.5) is 5.69 Å². The van der Waals surface area contributed by atoms with Gasteiger partial charge >= 0.3 is 0 Å². The van der Waals surface area contributed by atoms with Crippen LogP contribution >= 0.6 is 0 Å². The van der Waals surface area contributed by atoms with Gasteiger partial charge in [-0.05, 0) is 37.1 Å². The highest BCUT2D eigenvalue weighted by Crippen LogP contribution is 2.20. The number of carbonyl (C=O) groups is 2. The number of likely N-dealkylation sites (tertiary alicyclic amines) is 1. The van der Waals surface area contributed by atoms with Crippen molar-refractivity contribution in [2.75, 3.05) is 11.9 Å².